The Hall–Kier alpha value is -1.43. The topological polar surface area (TPSA) is 45.2 Å². The first-order chi connectivity index (χ1) is 11.2. The normalized spacial score (nSPS) is 26.2. The third-order valence-corrected chi connectivity index (χ3v) is 6.09. The van der Waals surface area contributed by atoms with E-state index in [-0.39, 0.29) is 5.91 Å². The van der Waals surface area contributed by atoms with Crippen LogP contribution in [0.25, 0.3) is 10.6 Å². The number of nitrogens with zero attached hydrogens (tertiary/aromatic N) is 2. The lowest BCUT2D eigenvalue weighted by molar-refractivity contribution is 0.0622. The first-order valence-corrected chi connectivity index (χ1v) is 9.14. The van der Waals surface area contributed by atoms with Crippen LogP contribution in [0.5, 0.6) is 0 Å². The molecule has 0 aromatic carbocycles. The molecule has 5 rings (SSSR count). The summed E-state index contributed by atoms with van der Waals surface area (Å²) in [4.78, 5) is 21.0. The Bertz CT molecular complexity index is 724. The van der Waals surface area contributed by atoms with Gasteiger partial charge in [0, 0.05) is 12.6 Å². The van der Waals surface area contributed by atoms with Crippen molar-refractivity contribution in [1.29, 1.82) is 0 Å². The van der Waals surface area contributed by atoms with Crippen molar-refractivity contribution in [3.8, 4) is 10.6 Å². The number of thiophene rings is 1. The van der Waals surface area contributed by atoms with Crippen LogP contribution in [-0.4, -0.2) is 41.5 Å². The van der Waals surface area contributed by atoms with Gasteiger partial charge in [0.2, 0.25) is 0 Å². The summed E-state index contributed by atoms with van der Waals surface area (Å²) in [5, 5.41) is 3.69. The minimum absolute atomic E-state index is 0.0297. The molecule has 3 aliphatic rings. The number of nitrogens with one attached hydrogen (secondary N) is 1. The summed E-state index contributed by atoms with van der Waals surface area (Å²) < 4.78 is 0. The Kier molecular flexibility index (Phi) is 4.09. The van der Waals surface area contributed by atoms with Crippen molar-refractivity contribution in [3.05, 3.63) is 40.4 Å². The van der Waals surface area contributed by atoms with E-state index in [0.29, 0.717) is 17.1 Å². The average Bonchev–Trinajstić information content (AvgIpc) is 3.06. The largest absolute Gasteiger partial charge is 0.347 e. The van der Waals surface area contributed by atoms with Crippen molar-refractivity contribution in [1.82, 2.24) is 15.2 Å². The Labute approximate surface area is 144 Å². The first kappa shape index (κ1) is 15.1. The van der Waals surface area contributed by atoms with Gasteiger partial charge in [0.1, 0.15) is 5.15 Å². The zero-order chi connectivity index (χ0) is 15.8. The highest BCUT2D eigenvalue weighted by Gasteiger charge is 2.35. The molecule has 120 valence electrons. The van der Waals surface area contributed by atoms with E-state index < -0.39 is 0 Å². The highest BCUT2D eigenvalue weighted by atomic mass is 35.5. The number of carbonyl (C=O) groups excluding carboxylic acids is 1. The van der Waals surface area contributed by atoms with Gasteiger partial charge in [-0.2, -0.15) is 0 Å². The number of amides is 1. The van der Waals surface area contributed by atoms with Gasteiger partial charge in [0.25, 0.3) is 5.91 Å². The lowest BCUT2D eigenvalue weighted by Crippen LogP contribution is -2.57. The molecular weight excluding hydrogens is 330 g/mol. The van der Waals surface area contributed by atoms with Crippen molar-refractivity contribution in [3.63, 3.8) is 0 Å². The summed E-state index contributed by atoms with van der Waals surface area (Å²) in [5.41, 5.74) is 0.810. The lowest BCUT2D eigenvalue weighted by atomic mass is 9.84. The molecule has 0 unspecified atom stereocenters. The molecule has 2 aromatic rings. The number of aromatic nitrogens is 1. The number of hydrogen-bond acceptors (Lipinski definition) is 4. The third-order valence-electron chi connectivity index (χ3n) is 4.77. The van der Waals surface area contributed by atoms with Crippen LogP contribution in [0.15, 0.2) is 30.3 Å². The highest BCUT2D eigenvalue weighted by molar-refractivity contribution is 7.17. The Morgan fingerprint density at radius 1 is 1.26 bits per heavy atom. The van der Waals surface area contributed by atoms with Gasteiger partial charge >= 0.3 is 0 Å². The molecule has 4 nitrogen and oxygen atoms in total. The van der Waals surface area contributed by atoms with Gasteiger partial charge < -0.3 is 10.2 Å². The summed E-state index contributed by atoms with van der Waals surface area (Å²) in [6, 6.07) is 9.64. The molecule has 0 radical (unpaired) electrons. The van der Waals surface area contributed by atoms with Crippen molar-refractivity contribution >= 4 is 28.8 Å². The summed E-state index contributed by atoms with van der Waals surface area (Å²) in [7, 11) is 0. The molecule has 5 heterocycles. The zero-order valence-corrected chi connectivity index (χ0v) is 14.2. The van der Waals surface area contributed by atoms with E-state index in [9.17, 15) is 4.79 Å². The standard InChI is InChI=1S/C17H18ClN3OS/c18-16-3-1-2-12(19-16)14-4-5-15(23-14)17(22)20-13-10-21-8-6-11(13)7-9-21/h1-5,11,13H,6-10H2,(H,20,22)/t13-/m0/s1. The SMILES string of the molecule is O=C(N[C@H]1CN2CCC1CC2)c1ccc(-c2cccc(Cl)n2)s1. The number of carbonyl (C=O) groups is 1. The minimum Gasteiger partial charge on any atom is -0.347 e. The fraction of sp³-hybridized carbons (Fsp3) is 0.412. The number of pyridine rings is 1. The van der Waals surface area contributed by atoms with Gasteiger partial charge in [-0.05, 0) is 56.1 Å². The Morgan fingerprint density at radius 3 is 2.78 bits per heavy atom. The van der Waals surface area contributed by atoms with Crippen LogP contribution in [0.4, 0.5) is 0 Å². The van der Waals surface area contributed by atoms with Crippen LogP contribution in [-0.2, 0) is 0 Å². The molecule has 0 saturated carbocycles. The smallest absolute Gasteiger partial charge is 0.261 e. The molecule has 2 bridgehead atoms. The summed E-state index contributed by atoms with van der Waals surface area (Å²) in [6.45, 7) is 3.35. The Morgan fingerprint density at radius 2 is 2.09 bits per heavy atom. The van der Waals surface area contributed by atoms with E-state index in [1.54, 1.807) is 6.07 Å². The molecule has 0 spiro atoms. The zero-order valence-electron chi connectivity index (χ0n) is 12.7. The number of rotatable bonds is 3. The maximum atomic E-state index is 12.5. The van der Waals surface area contributed by atoms with E-state index in [1.165, 1.54) is 37.3 Å². The van der Waals surface area contributed by atoms with Crippen LogP contribution < -0.4 is 5.32 Å². The molecule has 6 heteroatoms. The van der Waals surface area contributed by atoms with Crippen LogP contribution in [0, 0.1) is 5.92 Å². The molecular formula is C17H18ClN3OS. The summed E-state index contributed by atoms with van der Waals surface area (Å²) in [5.74, 6) is 0.667. The van der Waals surface area contributed by atoms with Gasteiger partial charge in [0.15, 0.2) is 0 Å². The van der Waals surface area contributed by atoms with Crippen molar-refractivity contribution in [2.75, 3.05) is 19.6 Å². The minimum atomic E-state index is 0.0297. The van der Waals surface area contributed by atoms with Crippen molar-refractivity contribution in [2.24, 2.45) is 5.92 Å². The average molecular weight is 348 g/mol. The van der Waals surface area contributed by atoms with E-state index in [0.717, 1.165) is 22.0 Å². The van der Waals surface area contributed by atoms with Crippen LogP contribution >= 0.6 is 22.9 Å². The number of piperidine rings is 3. The Balaban J connectivity index is 1.47. The fourth-order valence-corrected chi connectivity index (χ4v) is 4.55. The number of fused-ring (bicyclic) bond motifs is 3. The molecule has 3 fully saturated rings. The number of halogens is 1. The van der Waals surface area contributed by atoms with E-state index in [1.807, 2.05) is 24.3 Å². The van der Waals surface area contributed by atoms with Gasteiger partial charge in [-0.1, -0.05) is 17.7 Å². The molecule has 3 saturated heterocycles. The van der Waals surface area contributed by atoms with Gasteiger partial charge in [0.05, 0.1) is 15.4 Å². The maximum absolute atomic E-state index is 12.5. The monoisotopic (exact) mass is 347 g/mol. The van der Waals surface area contributed by atoms with Crippen molar-refractivity contribution < 1.29 is 4.79 Å². The first-order valence-electron chi connectivity index (χ1n) is 7.95. The molecule has 2 aromatic heterocycles. The van der Waals surface area contributed by atoms with Gasteiger partial charge in [-0.15, -0.1) is 11.3 Å². The molecule has 23 heavy (non-hydrogen) atoms. The maximum Gasteiger partial charge on any atom is 0.261 e. The second-order valence-corrected chi connectivity index (χ2v) is 7.70. The fourth-order valence-electron chi connectivity index (χ4n) is 3.51. The second kappa shape index (κ2) is 6.23. The predicted molar refractivity (Wildman–Crippen MR) is 93.0 cm³/mol. The molecule has 1 amide bonds. The third kappa shape index (κ3) is 3.13. The van der Waals surface area contributed by atoms with Crippen LogP contribution in [0.2, 0.25) is 5.15 Å². The van der Waals surface area contributed by atoms with Gasteiger partial charge in [-0.25, -0.2) is 4.98 Å². The quantitative estimate of drug-likeness (QED) is 0.866. The van der Waals surface area contributed by atoms with E-state index in [2.05, 4.69) is 15.2 Å². The van der Waals surface area contributed by atoms with E-state index >= 15 is 0 Å². The molecule has 0 aliphatic carbocycles. The summed E-state index contributed by atoms with van der Waals surface area (Å²) in [6.07, 6.45) is 2.40. The predicted octanol–water partition coefficient (Wildman–Crippen LogP) is 3.29. The highest BCUT2D eigenvalue weighted by Crippen LogP contribution is 2.30. The van der Waals surface area contributed by atoms with E-state index in [4.69, 9.17) is 11.6 Å². The lowest BCUT2D eigenvalue weighted by Gasteiger charge is -2.44. The molecule has 3 aliphatic heterocycles. The number of hydrogen-bond donors (Lipinski definition) is 1. The van der Waals surface area contributed by atoms with Crippen LogP contribution in [0.1, 0.15) is 22.5 Å². The molecule has 1 N–H and O–H groups in total. The second-order valence-electron chi connectivity index (χ2n) is 6.23. The summed E-state index contributed by atoms with van der Waals surface area (Å²) >= 11 is 7.40. The van der Waals surface area contributed by atoms with Crippen molar-refractivity contribution in [2.45, 2.75) is 18.9 Å². The van der Waals surface area contributed by atoms with Crippen LogP contribution in [0.3, 0.4) is 0 Å². The molecule has 1 atom stereocenters. The van der Waals surface area contributed by atoms with Gasteiger partial charge in [-0.3, -0.25) is 4.79 Å².